The molecule has 0 saturated carbocycles. The summed E-state index contributed by atoms with van der Waals surface area (Å²) in [5.41, 5.74) is 0.311. The normalized spacial score (nSPS) is 10.9. The molecule has 0 aliphatic rings. The van der Waals surface area contributed by atoms with Crippen molar-refractivity contribution in [2.45, 2.75) is 6.54 Å². The molecule has 2 aromatic carbocycles. The van der Waals surface area contributed by atoms with E-state index in [1.54, 1.807) is 30.3 Å². The van der Waals surface area contributed by atoms with Crippen molar-refractivity contribution in [2.75, 3.05) is 19.1 Å². The largest absolute Gasteiger partial charge is 0.493 e. The molecule has 4 aromatic rings. The first-order valence-corrected chi connectivity index (χ1v) is 9.63. The van der Waals surface area contributed by atoms with E-state index in [0.717, 1.165) is 17.4 Å². The summed E-state index contributed by atoms with van der Waals surface area (Å²) in [6, 6.07) is 10.1. The highest BCUT2D eigenvalue weighted by atomic mass is 32.1. The third-order valence-corrected chi connectivity index (χ3v) is 5.43. The Bertz CT molecular complexity index is 1210. The Kier molecular flexibility index (Phi) is 5.37. The highest BCUT2D eigenvalue weighted by Crippen LogP contribution is 2.34. The fourth-order valence-corrected chi connectivity index (χ4v) is 3.97. The molecule has 2 aromatic heterocycles. The van der Waals surface area contributed by atoms with Crippen LogP contribution in [-0.2, 0) is 6.54 Å². The molecule has 2 heterocycles. The zero-order valence-electron chi connectivity index (χ0n) is 16.0. The topological polar surface area (TPSA) is 64.8 Å². The molecule has 0 unspecified atom stereocenters. The molecule has 4 rings (SSSR count). The maximum absolute atomic E-state index is 14.2. The fourth-order valence-electron chi connectivity index (χ4n) is 2.97. The lowest BCUT2D eigenvalue weighted by molar-refractivity contribution is 0.0983. The summed E-state index contributed by atoms with van der Waals surface area (Å²) >= 11 is 1.01. The van der Waals surface area contributed by atoms with Crippen LogP contribution in [0.2, 0.25) is 0 Å². The number of rotatable bonds is 6. The van der Waals surface area contributed by atoms with E-state index < -0.39 is 17.5 Å². The summed E-state index contributed by atoms with van der Waals surface area (Å²) < 4.78 is 43.9. The number of carbonyl (C=O) groups is 1. The van der Waals surface area contributed by atoms with Crippen LogP contribution in [0, 0.1) is 11.6 Å². The first-order chi connectivity index (χ1) is 14.5. The predicted octanol–water partition coefficient (Wildman–Crippen LogP) is 5.03. The number of benzene rings is 2. The second-order valence-electron chi connectivity index (χ2n) is 6.27. The van der Waals surface area contributed by atoms with Crippen LogP contribution in [0.4, 0.5) is 13.9 Å². The molecule has 0 atom stereocenters. The van der Waals surface area contributed by atoms with Crippen molar-refractivity contribution >= 4 is 32.6 Å². The van der Waals surface area contributed by atoms with E-state index in [1.807, 2.05) is 0 Å². The molecule has 0 aliphatic heterocycles. The highest BCUT2D eigenvalue weighted by Gasteiger charge is 2.25. The van der Waals surface area contributed by atoms with Crippen LogP contribution < -0.4 is 14.4 Å². The molecule has 6 nitrogen and oxygen atoms in total. The summed E-state index contributed by atoms with van der Waals surface area (Å²) in [5.74, 6) is -0.534. The van der Waals surface area contributed by atoms with Gasteiger partial charge in [-0.1, -0.05) is 11.3 Å². The number of nitrogens with zero attached hydrogens (tertiary/aromatic N) is 2. The first kappa shape index (κ1) is 19.8. The Morgan fingerprint density at radius 2 is 1.93 bits per heavy atom. The molecular weight excluding hydrogens is 414 g/mol. The minimum atomic E-state index is -0.788. The van der Waals surface area contributed by atoms with Gasteiger partial charge < -0.3 is 13.9 Å². The van der Waals surface area contributed by atoms with Crippen LogP contribution in [-0.4, -0.2) is 25.1 Å². The fraction of sp³-hybridized carbons (Fsp3) is 0.143. The molecule has 0 N–H and O–H groups in total. The lowest BCUT2D eigenvalue weighted by Crippen LogP contribution is -2.30. The number of hydrogen-bond donors (Lipinski definition) is 0. The van der Waals surface area contributed by atoms with E-state index in [0.29, 0.717) is 27.5 Å². The average Bonchev–Trinajstić information content (AvgIpc) is 3.40. The van der Waals surface area contributed by atoms with Gasteiger partial charge in [-0.25, -0.2) is 13.8 Å². The number of hydrogen-bond acceptors (Lipinski definition) is 6. The van der Waals surface area contributed by atoms with E-state index in [-0.39, 0.29) is 17.2 Å². The van der Waals surface area contributed by atoms with Gasteiger partial charge in [0.2, 0.25) is 0 Å². The van der Waals surface area contributed by atoms with Crippen molar-refractivity contribution in [3.05, 3.63) is 71.7 Å². The monoisotopic (exact) mass is 430 g/mol. The van der Waals surface area contributed by atoms with Gasteiger partial charge in [0.1, 0.15) is 17.1 Å². The van der Waals surface area contributed by atoms with Crippen LogP contribution in [0.1, 0.15) is 16.1 Å². The predicted molar refractivity (Wildman–Crippen MR) is 108 cm³/mol. The van der Waals surface area contributed by atoms with Gasteiger partial charge in [-0.15, -0.1) is 0 Å². The number of halogens is 2. The molecule has 0 spiro atoms. The molecular formula is C21H16F2N2O4S. The second-order valence-corrected chi connectivity index (χ2v) is 7.28. The number of aromatic nitrogens is 1. The van der Waals surface area contributed by atoms with Crippen molar-refractivity contribution in [1.82, 2.24) is 4.98 Å². The van der Waals surface area contributed by atoms with Crippen LogP contribution in [0.15, 0.2) is 53.1 Å². The maximum Gasteiger partial charge on any atom is 0.260 e. The smallest absolute Gasteiger partial charge is 0.260 e. The van der Waals surface area contributed by atoms with Gasteiger partial charge >= 0.3 is 0 Å². The Morgan fingerprint density at radius 1 is 1.13 bits per heavy atom. The van der Waals surface area contributed by atoms with Crippen molar-refractivity contribution < 1.29 is 27.5 Å². The van der Waals surface area contributed by atoms with Crippen molar-refractivity contribution in [3.63, 3.8) is 0 Å². The Morgan fingerprint density at radius 3 is 2.63 bits per heavy atom. The minimum Gasteiger partial charge on any atom is -0.493 e. The Labute approximate surface area is 174 Å². The number of ether oxygens (including phenoxy) is 2. The first-order valence-electron chi connectivity index (χ1n) is 8.82. The Balaban J connectivity index is 1.79. The number of carbonyl (C=O) groups excluding carboxylic acids is 1. The van der Waals surface area contributed by atoms with E-state index in [1.165, 1.54) is 31.4 Å². The minimum absolute atomic E-state index is 0.000886. The maximum atomic E-state index is 14.2. The quantitative estimate of drug-likeness (QED) is 0.429. The number of fused-ring (bicyclic) bond motifs is 1. The molecule has 1 amide bonds. The van der Waals surface area contributed by atoms with Crippen LogP contribution >= 0.6 is 11.3 Å². The van der Waals surface area contributed by atoms with E-state index in [4.69, 9.17) is 13.9 Å². The third-order valence-electron chi connectivity index (χ3n) is 4.40. The summed E-state index contributed by atoms with van der Waals surface area (Å²) in [6.45, 7) is 0.0596. The van der Waals surface area contributed by atoms with E-state index in [2.05, 4.69) is 4.98 Å². The average molecular weight is 430 g/mol. The third kappa shape index (κ3) is 3.71. The second kappa shape index (κ2) is 8.11. The van der Waals surface area contributed by atoms with Crippen LogP contribution in [0.3, 0.4) is 0 Å². The molecule has 0 fully saturated rings. The Hall–Kier alpha value is -3.46. The van der Waals surface area contributed by atoms with Crippen LogP contribution in [0.25, 0.3) is 10.2 Å². The van der Waals surface area contributed by atoms with Crippen molar-refractivity contribution in [1.29, 1.82) is 0 Å². The van der Waals surface area contributed by atoms with Gasteiger partial charge in [0.25, 0.3) is 5.91 Å². The number of amides is 1. The van der Waals surface area contributed by atoms with Crippen molar-refractivity contribution in [3.8, 4) is 11.5 Å². The number of furan rings is 1. The lowest BCUT2D eigenvalue weighted by atomic mass is 10.1. The molecule has 0 aliphatic carbocycles. The van der Waals surface area contributed by atoms with Gasteiger partial charge in [-0.05, 0) is 36.4 Å². The van der Waals surface area contributed by atoms with Gasteiger partial charge in [-0.3, -0.25) is 9.69 Å². The molecule has 9 heteroatoms. The standard InChI is InChI=1S/C21H16F2N2O4S/c1-27-16-6-5-12(8-17(16)28-2)20(26)25(11-14-4-3-7-29-14)21-24-19-15(23)9-13(22)10-18(19)30-21/h3-10H,11H2,1-2H3. The zero-order valence-corrected chi connectivity index (χ0v) is 16.8. The SMILES string of the molecule is COc1ccc(C(=O)N(Cc2ccco2)c2nc3c(F)cc(F)cc3s2)cc1OC. The number of thiazole rings is 1. The highest BCUT2D eigenvalue weighted by molar-refractivity contribution is 7.22. The van der Waals surface area contributed by atoms with Gasteiger partial charge in [-0.2, -0.15) is 0 Å². The molecule has 154 valence electrons. The van der Waals surface area contributed by atoms with Gasteiger partial charge in [0, 0.05) is 11.6 Å². The molecule has 0 bridgehead atoms. The van der Waals surface area contributed by atoms with E-state index >= 15 is 0 Å². The van der Waals surface area contributed by atoms with Gasteiger partial charge in [0.15, 0.2) is 22.4 Å². The van der Waals surface area contributed by atoms with E-state index in [9.17, 15) is 13.6 Å². The zero-order chi connectivity index (χ0) is 21.3. The summed E-state index contributed by atoms with van der Waals surface area (Å²) in [5, 5.41) is 0.214. The summed E-state index contributed by atoms with van der Waals surface area (Å²) in [7, 11) is 2.97. The number of methoxy groups -OCH3 is 2. The lowest BCUT2D eigenvalue weighted by Gasteiger charge is -2.19. The van der Waals surface area contributed by atoms with Gasteiger partial charge in [0.05, 0.1) is 31.7 Å². The molecule has 0 saturated heterocycles. The van der Waals surface area contributed by atoms with Crippen molar-refractivity contribution in [2.24, 2.45) is 0 Å². The number of anilines is 1. The molecule has 0 radical (unpaired) electrons. The van der Waals surface area contributed by atoms with Crippen LogP contribution in [0.5, 0.6) is 11.5 Å². The summed E-state index contributed by atoms with van der Waals surface area (Å²) in [4.78, 5) is 18.9. The summed E-state index contributed by atoms with van der Waals surface area (Å²) in [6.07, 6.45) is 1.49. The molecule has 30 heavy (non-hydrogen) atoms.